The second-order valence-electron chi connectivity index (χ2n) is 4.42. The summed E-state index contributed by atoms with van der Waals surface area (Å²) in [5, 5.41) is 0. The Morgan fingerprint density at radius 2 is 2.28 bits per heavy atom. The van der Waals surface area contributed by atoms with Crippen LogP contribution in [0.5, 0.6) is 5.75 Å². The lowest BCUT2D eigenvalue weighted by atomic mass is 10.3. The lowest BCUT2D eigenvalue weighted by molar-refractivity contribution is -0.130. The van der Waals surface area contributed by atoms with Crippen molar-refractivity contribution in [1.29, 1.82) is 0 Å². The van der Waals surface area contributed by atoms with Crippen molar-refractivity contribution in [3.05, 3.63) is 30.1 Å². The highest BCUT2D eigenvalue weighted by atomic mass is 19.1. The van der Waals surface area contributed by atoms with Gasteiger partial charge in [0.25, 0.3) is 0 Å². The Hall–Kier alpha value is -1.62. The number of amides is 1. The molecule has 4 nitrogen and oxygen atoms in total. The van der Waals surface area contributed by atoms with Gasteiger partial charge >= 0.3 is 0 Å². The first-order valence-corrected chi connectivity index (χ1v) is 6.07. The Balaban J connectivity index is 1.75. The fourth-order valence-corrected chi connectivity index (χ4v) is 1.98. The minimum Gasteiger partial charge on any atom is -0.490 e. The SMILES string of the molecule is N[C@H]1CCN(C(=O)CCOc2ccccc2F)C1. The van der Waals surface area contributed by atoms with Crippen LogP contribution < -0.4 is 10.5 Å². The van der Waals surface area contributed by atoms with Crippen molar-refractivity contribution < 1.29 is 13.9 Å². The molecule has 1 aliphatic heterocycles. The van der Waals surface area contributed by atoms with Gasteiger partial charge in [0.15, 0.2) is 11.6 Å². The molecule has 1 aliphatic rings. The van der Waals surface area contributed by atoms with E-state index >= 15 is 0 Å². The number of para-hydroxylation sites is 1. The molecule has 1 fully saturated rings. The molecule has 1 aromatic rings. The number of carbonyl (C=O) groups is 1. The average molecular weight is 252 g/mol. The van der Waals surface area contributed by atoms with Crippen LogP contribution in [0.2, 0.25) is 0 Å². The third-order valence-electron chi connectivity index (χ3n) is 2.99. The fourth-order valence-electron chi connectivity index (χ4n) is 1.98. The van der Waals surface area contributed by atoms with Crippen LogP contribution in [0.15, 0.2) is 24.3 Å². The van der Waals surface area contributed by atoms with Crippen LogP contribution in [0.3, 0.4) is 0 Å². The van der Waals surface area contributed by atoms with Crippen molar-refractivity contribution in [1.82, 2.24) is 4.90 Å². The maximum atomic E-state index is 13.2. The van der Waals surface area contributed by atoms with Crippen molar-refractivity contribution in [3.8, 4) is 5.75 Å². The van der Waals surface area contributed by atoms with Crippen LogP contribution in [0.1, 0.15) is 12.8 Å². The number of rotatable bonds is 4. The number of hydrogen-bond donors (Lipinski definition) is 1. The third kappa shape index (κ3) is 3.20. The van der Waals surface area contributed by atoms with E-state index in [0.29, 0.717) is 13.1 Å². The number of halogens is 1. The molecule has 1 heterocycles. The van der Waals surface area contributed by atoms with E-state index in [1.807, 2.05) is 0 Å². The molecule has 1 amide bonds. The minimum absolute atomic E-state index is 0.0132. The maximum absolute atomic E-state index is 13.2. The van der Waals surface area contributed by atoms with Gasteiger partial charge in [-0.15, -0.1) is 0 Å². The standard InChI is InChI=1S/C13H17FN2O2/c14-11-3-1-2-4-12(11)18-8-6-13(17)16-7-5-10(15)9-16/h1-4,10H,5-9,15H2/t10-/m0/s1. The van der Waals surface area contributed by atoms with Gasteiger partial charge in [-0.3, -0.25) is 4.79 Å². The van der Waals surface area contributed by atoms with E-state index < -0.39 is 5.82 Å². The molecule has 0 bridgehead atoms. The molecular weight excluding hydrogens is 235 g/mol. The quantitative estimate of drug-likeness (QED) is 0.874. The van der Waals surface area contributed by atoms with Crippen molar-refractivity contribution in [2.75, 3.05) is 19.7 Å². The van der Waals surface area contributed by atoms with E-state index in [1.165, 1.54) is 6.07 Å². The highest BCUT2D eigenvalue weighted by Gasteiger charge is 2.23. The molecule has 1 saturated heterocycles. The summed E-state index contributed by atoms with van der Waals surface area (Å²) in [5.74, 6) is -0.212. The topological polar surface area (TPSA) is 55.6 Å². The number of nitrogens with two attached hydrogens (primary N) is 1. The number of likely N-dealkylation sites (tertiary alicyclic amines) is 1. The zero-order valence-corrected chi connectivity index (χ0v) is 10.1. The van der Waals surface area contributed by atoms with Crippen LogP contribution in [-0.2, 0) is 4.79 Å². The molecule has 18 heavy (non-hydrogen) atoms. The molecule has 0 aromatic heterocycles. The molecule has 2 rings (SSSR count). The van der Waals surface area contributed by atoms with Crippen LogP contribution in [0, 0.1) is 5.82 Å². The molecule has 0 aliphatic carbocycles. The van der Waals surface area contributed by atoms with Gasteiger partial charge in [0.05, 0.1) is 13.0 Å². The van der Waals surface area contributed by atoms with Gasteiger partial charge in [0.2, 0.25) is 5.91 Å². The number of benzene rings is 1. The van der Waals surface area contributed by atoms with Crippen molar-refractivity contribution in [2.24, 2.45) is 5.73 Å². The average Bonchev–Trinajstić information content (AvgIpc) is 2.78. The first-order valence-electron chi connectivity index (χ1n) is 6.07. The molecule has 0 spiro atoms. The van der Waals surface area contributed by atoms with E-state index in [-0.39, 0.29) is 30.7 Å². The monoisotopic (exact) mass is 252 g/mol. The normalized spacial score (nSPS) is 19.0. The molecule has 1 atom stereocenters. The van der Waals surface area contributed by atoms with E-state index in [1.54, 1.807) is 23.1 Å². The van der Waals surface area contributed by atoms with E-state index in [9.17, 15) is 9.18 Å². The Labute approximate surface area is 106 Å². The summed E-state index contributed by atoms with van der Waals surface area (Å²) in [6.45, 7) is 1.50. The second-order valence-corrected chi connectivity index (χ2v) is 4.42. The highest BCUT2D eigenvalue weighted by Crippen LogP contribution is 2.16. The lowest BCUT2D eigenvalue weighted by Crippen LogP contribution is -2.32. The second kappa shape index (κ2) is 5.82. The molecular formula is C13H17FN2O2. The largest absolute Gasteiger partial charge is 0.490 e. The molecule has 1 aromatic carbocycles. The lowest BCUT2D eigenvalue weighted by Gasteiger charge is -2.15. The van der Waals surface area contributed by atoms with E-state index in [0.717, 1.165) is 6.42 Å². The third-order valence-corrected chi connectivity index (χ3v) is 2.99. The Bertz CT molecular complexity index is 425. The number of hydrogen-bond acceptors (Lipinski definition) is 3. The summed E-state index contributed by atoms with van der Waals surface area (Å²) in [6, 6.07) is 6.25. The summed E-state index contributed by atoms with van der Waals surface area (Å²) in [4.78, 5) is 13.5. The predicted molar refractivity (Wildman–Crippen MR) is 65.7 cm³/mol. The molecule has 2 N–H and O–H groups in total. The Morgan fingerprint density at radius 3 is 2.94 bits per heavy atom. The van der Waals surface area contributed by atoms with Gasteiger partial charge in [-0.05, 0) is 18.6 Å². The molecule has 0 radical (unpaired) electrons. The number of carbonyl (C=O) groups excluding carboxylic acids is 1. The summed E-state index contributed by atoms with van der Waals surface area (Å²) in [7, 11) is 0. The van der Waals surface area contributed by atoms with Crippen LogP contribution in [0.4, 0.5) is 4.39 Å². The zero-order chi connectivity index (χ0) is 13.0. The predicted octanol–water partition coefficient (Wildman–Crippen LogP) is 1.15. The number of nitrogens with zero attached hydrogens (tertiary/aromatic N) is 1. The highest BCUT2D eigenvalue weighted by molar-refractivity contribution is 5.76. The van der Waals surface area contributed by atoms with E-state index in [2.05, 4.69) is 0 Å². The summed E-state index contributed by atoms with van der Waals surface area (Å²) in [5.41, 5.74) is 5.73. The van der Waals surface area contributed by atoms with Crippen molar-refractivity contribution in [3.63, 3.8) is 0 Å². The van der Waals surface area contributed by atoms with Gasteiger partial charge in [0.1, 0.15) is 0 Å². The van der Waals surface area contributed by atoms with Gasteiger partial charge in [-0.1, -0.05) is 12.1 Å². The summed E-state index contributed by atoms with van der Waals surface area (Å²) >= 11 is 0. The van der Waals surface area contributed by atoms with Crippen molar-refractivity contribution >= 4 is 5.91 Å². The van der Waals surface area contributed by atoms with Crippen LogP contribution in [0.25, 0.3) is 0 Å². The van der Waals surface area contributed by atoms with Gasteiger partial charge < -0.3 is 15.4 Å². The Morgan fingerprint density at radius 1 is 1.50 bits per heavy atom. The molecule has 5 heteroatoms. The van der Waals surface area contributed by atoms with Crippen LogP contribution >= 0.6 is 0 Å². The minimum atomic E-state index is -0.409. The van der Waals surface area contributed by atoms with Crippen LogP contribution in [-0.4, -0.2) is 36.5 Å². The summed E-state index contributed by atoms with van der Waals surface area (Å²) in [6.07, 6.45) is 1.10. The Kier molecular flexibility index (Phi) is 4.15. The zero-order valence-electron chi connectivity index (χ0n) is 10.1. The fraction of sp³-hybridized carbons (Fsp3) is 0.462. The van der Waals surface area contributed by atoms with E-state index in [4.69, 9.17) is 10.5 Å². The molecule has 0 unspecified atom stereocenters. The number of ether oxygens (including phenoxy) is 1. The maximum Gasteiger partial charge on any atom is 0.226 e. The smallest absolute Gasteiger partial charge is 0.226 e. The van der Waals surface area contributed by atoms with Gasteiger partial charge in [-0.2, -0.15) is 0 Å². The van der Waals surface area contributed by atoms with Gasteiger partial charge in [0, 0.05) is 19.1 Å². The summed E-state index contributed by atoms with van der Waals surface area (Å²) < 4.78 is 18.5. The van der Waals surface area contributed by atoms with Crippen molar-refractivity contribution in [2.45, 2.75) is 18.9 Å². The molecule has 98 valence electrons. The first-order chi connectivity index (χ1) is 8.66. The first kappa shape index (κ1) is 12.8. The molecule has 0 saturated carbocycles. The van der Waals surface area contributed by atoms with Gasteiger partial charge in [-0.25, -0.2) is 4.39 Å².